The lowest BCUT2D eigenvalue weighted by atomic mass is 11.0. The van der Waals surface area contributed by atoms with E-state index in [4.69, 9.17) is 0 Å². The van der Waals surface area contributed by atoms with E-state index in [9.17, 15) is 8.78 Å². The number of rotatable bonds is 2. The molecule has 0 amide bonds. The highest BCUT2D eigenvalue weighted by molar-refractivity contribution is 14.1. The molecule has 0 aromatic carbocycles. The summed E-state index contributed by atoms with van der Waals surface area (Å²) in [6.07, 6.45) is 1.61. The first-order valence-corrected chi connectivity index (χ1v) is 3.96. The molecule has 0 radical (unpaired) electrons. The summed E-state index contributed by atoms with van der Waals surface area (Å²) >= 11 is 2.81. The van der Waals surface area contributed by atoms with Gasteiger partial charge in [0.2, 0.25) is 0 Å². The van der Waals surface area contributed by atoms with Gasteiger partial charge in [0.05, 0.1) is 0 Å². The van der Waals surface area contributed by atoms with Crippen molar-refractivity contribution in [3.05, 3.63) is 20.2 Å². The zero-order chi connectivity index (χ0) is 7.28. The van der Waals surface area contributed by atoms with Gasteiger partial charge >= 0.3 is 0 Å². The third kappa shape index (κ3) is 8.60. The molecule has 0 bridgehead atoms. The Balaban J connectivity index is 3.53. The van der Waals surface area contributed by atoms with E-state index in [1.165, 1.54) is 45.2 Å². The first-order chi connectivity index (χ1) is 4.13. The van der Waals surface area contributed by atoms with Crippen LogP contribution in [0.4, 0.5) is 8.78 Å². The molecule has 0 aromatic heterocycles. The molecule has 0 unspecified atom stereocenters. The van der Waals surface area contributed by atoms with Gasteiger partial charge in [-0.25, -0.2) is 0 Å². The number of halogens is 4. The lowest BCUT2D eigenvalue weighted by Crippen LogP contribution is -1.65. The molecule has 0 atom stereocenters. The number of ether oxygens (including phenoxy) is 1. The fourth-order valence-corrected chi connectivity index (χ4v) is 0.430. The topological polar surface area (TPSA) is 9.23 Å². The molecule has 0 rings (SSSR count). The van der Waals surface area contributed by atoms with Gasteiger partial charge in [-0.3, -0.25) is 0 Å². The Hall–Kier alpha value is 0.600. The van der Waals surface area contributed by atoms with E-state index in [0.717, 1.165) is 12.5 Å². The van der Waals surface area contributed by atoms with Crippen molar-refractivity contribution in [1.29, 1.82) is 0 Å². The molecule has 1 nitrogen and oxygen atoms in total. The van der Waals surface area contributed by atoms with E-state index in [0.29, 0.717) is 0 Å². The summed E-state index contributed by atoms with van der Waals surface area (Å²) in [6.45, 7) is 0. The van der Waals surface area contributed by atoms with Crippen molar-refractivity contribution < 1.29 is 13.5 Å². The summed E-state index contributed by atoms with van der Waals surface area (Å²) in [4.78, 5) is 0. The van der Waals surface area contributed by atoms with Crippen molar-refractivity contribution in [2.45, 2.75) is 0 Å². The van der Waals surface area contributed by atoms with E-state index in [2.05, 4.69) is 4.74 Å². The molecule has 9 heavy (non-hydrogen) atoms. The smallest absolute Gasteiger partial charge is 0.195 e. The average molecular weight is 358 g/mol. The van der Waals surface area contributed by atoms with E-state index < -0.39 is 7.67 Å². The highest BCUT2D eigenvalue weighted by Gasteiger charge is 1.84. The molecule has 52 valence electrons. The molecule has 0 aromatic rings. The molecule has 0 aliphatic heterocycles. The van der Waals surface area contributed by atoms with Crippen LogP contribution in [-0.2, 0) is 4.74 Å². The average Bonchev–Trinajstić information content (AvgIpc) is 1.63. The minimum absolute atomic E-state index is 0.526. The highest BCUT2D eigenvalue weighted by atomic mass is 127. The molecule has 0 aliphatic rings. The largest absolute Gasteiger partial charge is 0.466 e. The Labute approximate surface area is 78.4 Å². The van der Waals surface area contributed by atoms with Gasteiger partial charge in [-0.1, -0.05) is 0 Å². The molecule has 5 heteroatoms. The molecule has 0 spiro atoms. The molecular formula is C4H2F2I2O. The van der Waals surface area contributed by atoms with Gasteiger partial charge < -0.3 is 4.74 Å². The van der Waals surface area contributed by atoms with Gasteiger partial charge in [-0.15, -0.1) is 0 Å². The number of hydrogen-bond acceptors (Lipinski definition) is 1. The van der Waals surface area contributed by atoms with Gasteiger partial charge in [0.1, 0.15) is 12.5 Å². The summed E-state index contributed by atoms with van der Waals surface area (Å²) in [6, 6.07) is 0. The molecule has 0 heterocycles. The van der Waals surface area contributed by atoms with E-state index in [1.54, 1.807) is 0 Å². The molecular weight excluding hydrogens is 356 g/mol. The normalized spacial score (nSPS) is 13.8. The Morgan fingerprint density at radius 2 is 1.44 bits per heavy atom. The van der Waals surface area contributed by atoms with Crippen LogP contribution in [0.1, 0.15) is 0 Å². The minimum atomic E-state index is -0.526. The molecule has 0 saturated heterocycles. The molecule has 0 N–H and O–H groups in total. The van der Waals surface area contributed by atoms with Crippen LogP contribution in [0.2, 0.25) is 0 Å². The van der Waals surface area contributed by atoms with Gasteiger partial charge in [0.15, 0.2) is 7.67 Å². The lowest BCUT2D eigenvalue weighted by Gasteiger charge is -1.86. The third-order valence-corrected chi connectivity index (χ3v) is 0.823. The second kappa shape index (κ2) is 5.39. The summed E-state index contributed by atoms with van der Waals surface area (Å²) in [5.74, 6) is 0. The Kier molecular flexibility index (Phi) is 5.75. The highest BCUT2D eigenvalue weighted by Crippen LogP contribution is 2.09. The maximum Gasteiger partial charge on any atom is 0.195 e. The molecule has 0 aliphatic carbocycles. The van der Waals surface area contributed by atoms with Crippen molar-refractivity contribution in [3.63, 3.8) is 0 Å². The summed E-state index contributed by atoms with van der Waals surface area (Å²) < 4.78 is 26.7. The van der Waals surface area contributed by atoms with Gasteiger partial charge in [0.25, 0.3) is 0 Å². The fraction of sp³-hybridized carbons (Fsp3) is 0. The summed E-state index contributed by atoms with van der Waals surface area (Å²) in [7, 11) is 0. The van der Waals surface area contributed by atoms with Crippen LogP contribution in [0.3, 0.4) is 0 Å². The van der Waals surface area contributed by atoms with Crippen LogP contribution < -0.4 is 0 Å². The van der Waals surface area contributed by atoms with Gasteiger partial charge in [0, 0.05) is 0 Å². The second-order valence-corrected chi connectivity index (χ2v) is 3.01. The Morgan fingerprint density at radius 1 is 1.11 bits per heavy atom. The second-order valence-electron chi connectivity index (χ2n) is 0.951. The maximum atomic E-state index is 11.7. The van der Waals surface area contributed by atoms with Crippen LogP contribution >= 0.6 is 45.2 Å². The summed E-state index contributed by atoms with van der Waals surface area (Å²) in [5.41, 5.74) is 0. The van der Waals surface area contributed by atoms with Crippen molar-refractivity contribution in [1.82, 2.24) is 0 Å². The Bertz CT molecular complexity index is 120. The maximum absolute atomic E-state index is 11.7. The fourth-order valence-electron chi connectivity index (χ4n) is 0.137. The lowest BCUT2D eigenvalue weighted by molar-refractivity contribution is 0.380. The van der Waals surface area contributed by atoms with Crippen LogP contribution in [0, 0.1) is 0 Å². The monoisotopic (exact) mass is 358 g/mol. The van der Waals surface area contributed by atoms with Crippen molar-refractivity contribution >= 4 is 45.2 Å². The van der Waals surface area contributed by atoms with Crippen LogP contribution in [0.5, 0.6) is 0 Å². The SMILES string of the molecule is FC(I)=COC=C(F)I. The minimum Gasteiger partial charge on any atom is -0.466 e. The first-order valence-electron chi connectivity index (χ1n) is 1.80. The summed E-state index contributed by atoms with van der Waals surface area (Å²) in [5, 5.41) is 0. The molecule has 0 saturated carbocycles. The zero-order valence-corrected chi connectivity index (χ0v) is 8.39. The standard InChI is InChI=1S/C4H2F2I2O/c5-3(7)1-9-2-4(6)8/h1-2H. The van der Waals surface area contributed by atoms with Gasteiger partial charge in [-0.2, -0.15) is 8.78 Å². The van der Waals surface area contributed by atoms with Crippen LogP contribution in [0.25, 0.3) is 0 Å². The van der Waals surface area contributed by atoms with Gasteiger partial charge in [-0.05, 0) is 45.2 Å². The first kappa shape index (κ1) is 9.60. The predicted molar refractivity (Wildman–Crippen MR) is 47.5 cm³/mol. The molecule has 0 fully saturated rings. The predicted octanol–water partition coefficient (Wildman–Crippen LogP) is 3.41. The number of hydrogen-bond donors (Lipinski definition) is 0. The van der Waals surface area contributed by atoms with Crippen LogP contribution in [0.15, 0.2) is 20.2 Å². The van der Waals surface area contributed by atoms with E-state index >= 15 is 0 Å². The van der Waals surface area contributed by atoms with E-state index in [-0.39, 0.29) is 0 Å². The third-order valence-electron chi connectivity index (χ3n) is 0.314. The van der Waals surface area contributed by atoms with E-state index in [1.807, 2.05) is 0 Å². The Morgan fingerprint density at radius 3 is 1.67 bits per heavy atom. The van der Waals surface area contributed by atoms with Crippen LogP contribution in [-0.4, -0.2) is 0 Å². The van der Waals surface area contributed by atoms with Crippen molar-refractivity contribution in [2.24, 2.45) is 0 Å². The zero-order valence-electron chi connectivity index (χ0n) is 4.07. The van der Waals surface area contributed by atoms with Crippen molar-refractivity contribution in [2.75, 3.05) is 0 Å². The quantitative estimate of drug-likeness (QED) is 0.543. The van der Waals surface area contributed by atoms with Crippen molar-refractivity contribution in [3.8, 4) is 0 Å².